The molecule has 0 spiro atoms. The third kappa shape index (κ3) is 5.27. The molecular formula is C28H25FN2O5. The van der Waals surface area contributed by atoms with E-state index >= 15 is 0 Å². The van der Waals surface area contributed by atoms with Crippen LogP contribution in [0.3, 0.4) is 0 Å². The Morgan fingerprint density at radius 2 is 1.67 bits per heavy atom. The molecular weight excluding hydrogens is 463 g/mol. The van der Waals surface area contributed by atoms with E-state index in [0.717, 1.165) is 21.6 Å². The Morgan fingerprint density at radius 1 is 0.917 bits per heavy atom. The number of halogens is 1. The first-order valence-electron chi connectivity index (χ1n) is 11.4. The molecule has 0 aromatic heterocycles. The molecule has 1 heterocycles. The van der Waals surface area contributed by atoms with Gasteiger partial charge in [0.25, 0.3) is 11.8 Å². The Labute approximate surface area is 208 Å². The van der Waals surface area contributed by atoms with Gasteiger partial charge < -0.3 is 9.47 Å². The number of aryl methyl sites for hydroxylation is 2. The monoisotopic (exact) mass is 488 g/mol. The average molecular weight is 489 g/mol. The lowest BCUT2D eigenvalue weighted by molar-refractivity contribution is -0.122. The number of hydrogen-bond acceptors (Lipinski definition) is 5. The van der Waals surface area contributed by atoms with Crippen LogP contribution in [0.1, 0.15) is 29.2 Å². The van der Waals surface area contributed by atoms with Crippen LogP contribution in [-0.2, 0) is 16.2 Å². The molecule has 1 N–H and O–H groups in total. The third-order valence-corrected chi connectivity index (χ3v) is 5.58. The molecule has 1 fully saturated rings. The molecule has 4 amide bonds. The topological polar surface area (TPSA) is 84.9 Å². The summed E-state index contributed by atoms with van der Waals surface area (Å²) in [6.07, 6.45) is 1.41. The fourth-order valence-electron chi connectivity index (χ4n) is 3.84. The van der Waals surface area contributed by atoms with Gasteiger partial charge in [-0.25, -0.2) is 14.1 Å². The average Bonchev–Trinajstić information content (AvgIpc) is 2.83. The van der Waals surface area contributed by atoms with Crippen molar-refractivity contribution in [1.82, 2.24) is 5.32 Å². The number of nitrogens with one attached hydrogen (secondary N) is 1. The molecule has 36 heavy (non-hydrogen) atoms. The van der Waals surface area contributed by atoms with Crippen LogP contribution < -0.4 is 19.7 Å². The quantitative estimate of drug-likeness (QED) is 0.370. The van der Waals surface area contributed by atoms with Gasteiger partial charge in [-0.3, -0.25) is 14.9 Å². The fourth-order valence-corrected chi connectivity index (χ4v) is 3.84. The molecule has 0 aliphatic carbocycles. The molecule has 7 nitrogen and oxygen atoms in total. The molecule has 3 aromatic rings. The van der Waals surface area contributed by atoms with Gasteiger partial charge in [-0.15, -0.1) is 0 Å². The number of barbiturate groups is 1. The molecule has 184 valence electrons. The van der Waals surface area contributed by atoms with Crippen LogP contribution in [-0.4, -0.2) is 24.5 Å². The zero-order chi connectivity index (χ0) is 25.8. The molecule has 0 bridgehead atoms. The van der Waals surface area contributed by atoms with Crippen molar-refractivity contribution in [2.24, 2.45) is 0 Å². The van der Waals surface area contributed by atoms with E-state index in [9.17, 15) is 18.8 Å². The zero-order valence-electron chi connectivity index (χ0n) is 20.1. The van der Waals surface area contributed by atoms with Gasteiger partial charge in [-0.1, -0.05) is 35.9 Å². The number of amides is 4. The summed E-state index contributed by atoms with van der Waals surface area (Å²) in [5, 5.41) is 2.24. The first-order chi connectivity index (χ1) is 17.3. The Hall–Kier alpha value is -4.46. The minimum atomic E-state index is -0.798. The van der Waals surface area contributed by atoms with Crippen molar-refractivity contribution in [3.8, 4) is 11.5 Å². The number of rotatable bonds is 7. The number of imide groups is 2. The zero-order valence-corrected chi connectivity index (χ0v) is 20.1. The number of hydrogen-bond donors (Lipinski definition) is 1. The highest BCUT2D eigenvalue weighted by Crippen LogP contribution is 2.31. The molecule has 0 unspecified atom stereocenters. The highest BCUT2D eigenvalue weighted by molar-refractivity contribution is 6.39. The van der Waals surface area contributed by atoms with Gasteiger partial charge >= 0.3 is 6.03 Å². The lowest BCUT2D eigenvalue weighted by Gasteiger charge is -2.27. The standard InChI is InChI=1S/C28H25FN2O5/c1-4-35-25-15-20(8-12-24(25)36-16-19-6-9-21(29)10-7-19)14-22-26(32)30-28(34)31(27(22)33)23-11-5-17(2)13-18(23)3/h5-15H,4,16H2,1-3H3,(H,30,32,34)/b22-14+. The Morgan fingerprint density at radius 3 is 2.36 bits per heavy atom. The molecule has 8 heteroatoms. The molecule has 0 atom stereocenters. The van der Waals surface area contributed by atoms with Crippen LogP contribution in [0, 0.1) is 19.7 Å². The normalized spacial score (nSPS) is 14.7. The molecule has 0 saturated carbocycles. The van der Waals surface area contributed by atoms with E-state index in [0.29, 0.717) is 29.4 Å². The summed E-state index contributed by atoms with van der Waals surface area (Å²) in [4.78, 5) is 39.3. The lowest BCUT2D eigenvalue weighted by atomic mass is 10.0. The van der Waals surface area contributed by atoms with Gasteiger partial charge in [-0.05, 0) is 73.9 Å². The summed E-state index contributed by atoms with van der Waals surface area (Å²) < 4.78 is 24.7. The van der Waals surface area contributed by atoms with Crippen LogP contribution in [0.5, 0.6) is 11.5 Å². The largest absolute Gasteiger partial charge is 0.490 e. The number of ether oxygens (including phenoxy) is 2. The number of urea groups is 1. The second kappa shape index (κ2) is 10.4. The molecule has 3 aromatic carbocycles. The van der Waals surface area contributed by atoms with Crippen molar-refractivity contribution in [3.05, 3.63) is 94.3 Å². The van der Waals surface area contributed by atoms with Gasteiger partial charge in [-0.2, -0.15) is 0 Å². The van der Waals surface area contributed by atoms with Crippen molar-refractivity contribution in [1.29, 1.82) is 0 Å². The number of anilines is 1. The number of benzene rings is 3. The third-order valence-electron chi connectivity index (χ3n) is 5.58. The molecule has 0 radical (unpaired) electrons. The number of carbonyl (C=O) groups excluding carboxylic acids is 3. The van der Waals surface area contributed by atoms with E-state index in [1.807, 2.05) is 19.9 Å². The van der Waals surface area contributed by atoms with E-state index in [1.165, 1.54) is 18.2 Å². The predicted octanol–water partition coefficient (Wildman–Crippen LogP) is 5.09. The van der Waals surface area contributed by atoms with E-state index in [-0.39, 0.29) is 18.0 Å². The van der Waals surface area contributed by atoms with E-state index in [4.69, 9.17) is 9.47 Å². The van der Waals surface area contributed by atoms with E-state index < -0.39 is 17.8 Å². The second-order valence-electron chi connectivity index (χ2n) is 8.30. The summed E-state index contributed by atoms with van der Waals surface area (Å²) in [6.45, 7) is 6.09. The van der Waals surface area contributed by atoms with Gasteiger partial charge in [0.1, 0.15) is 18.0 Å². The maximum absolute atomic E-state index is 13.2. The summed E-state index contributed by atoms with van der Waals surface area (Å²) in [7, 11) is 0. The van der Waals surface area contributed by atoms with Gasteiger partial charge in [0.15, 0.2) is 11.5 Å². The van der Waals surface area contributed by atoms with Crippen molar-refractivity contribution in [2.75, 3.05) is 11.5 Å². The summed E-state index contributed by atoms with van der Waals surface area (Å²) in [5.41, 5.74) is 3.23. The second-order valence-corrected chi connectivity index (χ2v) is 8.30. The van der Waals surface area contributed by atoms with Gasteiger partial charge in [0, 0.05) is 0 Å². The maximum atomic E-state index is 13.2. The SMILES string of the molecule is CCOc1cc(/C=C2\C(=O)NC(=O)N(c3ccc(C)cc3C)C2=O)ccc1OCc1ccc(F)cc1. The first kappa shape index (κ1) is 24.7. The van der Waals surface area contributed by atoms with Gasteiger partial charge in [0.2, 0.25) is 0 Å². The molecule has 1 aliphatic rings. The van der Waals surface area contributed by atoms with Crippen LogP contribution in [0.25, 0.3) is 6.08 Å². The van der Waals surface area contributed by atoms with Crippen LogP contribution in [0.4, 0.5) is 14.9 Å². The molecule has 4 rings (SSSR count). The van der Waals surface area contributed by atoms with E-state index in [1.54, 1.807) is 49.4 Å². The van der Waals surface area contributed by atoms with Crippen molar-refractivity contribution in [2.45, 2.75) is 27.4 Å². The van der Waals surface area contributed by atoms with Gasteiger partial charge in [0.05, 0.1) is 12.3 Å². The smallest absolute Gasteiger partial charge is 0.335 e. The Balaban J connectivity index is 1.62. The highest BCUT2D eigenvalue weighted by atomic mass is 19.1. The molecule has 1 aliphatic heterocycles. The lowest BCUT2D eigenvalue weighted by Crippen LogP contribution is -2.54. The Kier molecular flexibility index (Phi) is 7.15. The van der Waals surface area contributed by atoms with Crippen LogP contribution >= 0.6 is 0 Å². The summed E-state index contributed by atoms with van der Waals surface area (Å²) in [6, 6.07) is 15.5. The fraction of sp³-hybridized carbons (Fsp3) is 0.179. The summed E-state index contributed by atoms with van der Waals surface area (Å²) in [5.74, 6) is -0.953. The Bertz CT molecular complexity index is 1360. The maximum Gasteiger partial charge on any atom is 0.335 e. The molecule has 1 saturated heterocycles. The minimum absolute atomic E-state index is 0.183. The highest BCUT2D eigenvalue weighted by Gasteiger charge is 2.37. The van der Waals surface area contributed by atoms with Crippen molar-refractivity contribution in [3.63, 3.8) is 0 Å². The summed E-state index contributed by atoms with van der Waals surface area (Å²) >= 11 is 0. The van der Waals surface area contributed by atoms with Crippen LogP contribution in [0.15, 0.2) is 66.2 Å². The van der Waals surface area contributed by atoms with E-state index in [2.05, 4.69) is 5.32 Å². The predicted molar refractivity (Wildman–Crippen MR) is 133 cm³/mol. The van der Waals surface area contributed by atoms with Crippen LogP contribution in [0.2, 0.25) is 0 Å². The minimum Gasteiger partial charge on any atom is -0.490 e. The van der Waals surface area contributed by atoms with Crippen molar-refractivity contribution < 1.29 is 28.2 Å². The first-order valence-corrected chi connectivity index (χ1v) is 11.4. The number of nitrogens with zero attached hydrogens (tertiary/aromatic N) is 1. The number of carbonyl (C=O) groups is 3. The van der Waals surface area contributed by atoms with Crippen molar-refractivity contribution >= 4 is 29.6 Å².